The van der Waals surface area contributed by atoms with Crippen molar-refractivity contribution in [2.75, 3.05) is 4.90 Å². The lowest BCUT2D eigenvalue weighted by Crippen LogP contribution is -2.41. The predicted octanol–water partition coefficient (Wildman–Crippen LogP) is 3.53. The highest BCUT2D eigenvalue weighted by atomic mass is 16.2. The molecule has 3 nitrogen and oxygen atoms in total. The summed E-state index contributed by atoms with van der Waals surface area (Å²) in [6, 6.07) is 14.2. The maximum absolute atomic E-state index is 12.7. The number of imide groups is 1. The molecule has 1 aliphatic heterocycles. The van der Waals surface area contributed by atoms with Gasteiger partial charge in [-0.05, 0) is 23.8 Å². The molecule has 0 unspecified atom stereocenters. The molecule has 3 rings (SSSR count). The molecular formula is C18H13NO2. The predicted molar refractivity (Wildman–Crippen MR) is 83.8 cm³/mol. The van der Waals surface area contributed by atoms with Gasteiger partial charge in [0.05, 0.1) is 5.69 Å². The minimum Gasteiger partial charge on any atom is -0.268 e. The van der Waals surface area contributed by atoms with E-state index in [0.717, 1.165) is 10.5 Å². The number of hydrogen-bond donors (Lipinski definition) is 0. The van der Waals surface area contributed by atoms with Crippen LogP contribution in [0.5, 0.6) is 0 Å². The standard InChI is InChI=1S/C18H13NO2/c1-3-13-8-7-11-15-16(13)12(2)17(20)19(18(15)21)14-9-5-4-6-10-14/h3-11H,1-2H2. The van der Waals surface area contributed by atoms with Gasteiger partial charge in [0.15, 0.2) is 0 Å². The van der Waals surface area contributed by atoms with Gasteiger partial charge < -0.3 is 0 Å². The molecule has 0 atom stereocenters. The molecule has 0 fully saturated rings. The zero-order valence-electron chi connectivity index (χ0n) is 11.4. The van der Waals surface area contributed by atoms with Crippen LogP contribution >= 0.6 is 0 Å². The van der Waals surface area contributed by atoms with Crippen molar-refractivity contribution in [1.29, 1.82) is 0 Å². The molecule has 0 spiro atoms. The number of hydrogen-bond acceptors (Lipinski definition) is 2. The fraction of sp³-hybridized carbons (Fsp3) is 0. The Balaban J connectivity index is 2.22. The van der Waals surface area contributed by atoms with E-state index in [1.165, 1.54) is 0 Å². The number of rotatable bonds is 2. The van der Waals surface area contributed by atoms with Crippen molar-refractivity contribution < 1.29 is 9.59 Å². The first-order valence-electron chi connectivity index (χ1n) is 6.53. The number of anilines is 1. The van der Waals surface area contributed by atoms with Gasteiger partial charge in [0.1, 0.15) is 0 Å². The van der Waals surface area contributed by atoms with Crippen molar-refractivity contribution >= 4 is 29.2 Å². The molecule has 2 amide bonds. The lowest BCUT2D eigenvalue weighted by Gasteiger charge is -2.29. The third kappa shape index (κ3) is 1.91. The molecule has 2 aromatic rings. The third-order valence-corrected chi connectivity index (χ3v) is 3.53. The van der Waals surface area contributed by atoms with Crippen LogP contribution in [0.15, 0.2) is 61.7 Å². The largest absolute Gasteiger partial charge is 0.268 e. The van der Waals surface area contributed by atoms with Crippen molar-refractivity contribution in [2.45, 2.75) is 0 Å². The Kier molecular flexibility index (Phi) is 3.03. The van der Waals surface area contributed by atoms with Gasteiger partial charge in [0, 0.05) is 16.7 Å². The summed E-state index contributed by atoms with van der Waals surface area (Å²) in [5.41, 5.74) is 2.65. The van der Waals surface area contributed by atoms with Gasteiger partial charge in [-0.15, -0.1) is 0 Å². The van der Waals surface area contributed by atoms with Gasteiger partial charge in [-0.25, -0.2) is 4.90 Å². The van der Waals surface area contributed by atoms with Crippen LogP contribution in [0.4, 0.5) is 5.69 Å². The Labute approximate surface area is 122 Å². The van der Waals surface area contributed by atoms with Crippen molar-refractivity contribution in [2.24, 2.45) is 0 Å². The Morgan fingerprint density at radius 3 is 2.29 bits per heavy atom. The van der Waals surface area contributed by atoms with E-state index in [4.69, 9.17) is 0 Å². The van der Waals surface area contributed by atoms with Crippen LogP contribution in [0.1, 0.15) is 21.5 Å². The first kappa shape index (κ1) is 13.1. The molecule has 102 valence electrons. The SMILES string of the molecule is C=Cc1cccc2c1C(=C)C(=O)N(c1ccccc1)C2=O. The number of nitrogens with zero attached hydrogens (tertiary/aromatic N) is 1. The van der Waals surface area contributed by atoms with E-state index >= 15 is 0 Å². The molecule has 0 aliphatic carbocycles. The Bertz CT molecular complexity index is 775. The molecule has 2 aromatic carbocycles. The molecule has 0 aromatic heterocycles. The van der Waals surface area contributed by atoms with E-state index in [0.29, 0.717) is 22.4 Å². The zero-order valence-corrected chi connectivity index (χ0v) is 11.4. The van der Waals surface area contributed by atoms with Gasteiger partial charge in [0.25, 0.3) is 11.8 Å². The minimum atomic E-state index is -0.395. The second kappa shape index (κ2) is 4.87. The number of amides is 2. The number of benzene rings is 2. The summed E-state index contributed by atoms with van der Waals surface area (Å²) in [4.78, 5) is 26.4. The normalized spacial score (nSPS) is 14.1. The van der Waals surface area contributed by atoms with Crippen molar-refractivity contribution in [3.05, 3.63) is 78.4 Å². The number of carbonyl (C=O) groups is 2. The smallest absolute Gasteiger partial charge is 0.265 e. The lowest BCUT2D eigenvalue weighted by atomic mass is 9.90. The molecule has 0 saturated heterocycles. The van der Waals surface area contributed by atoms with Crippen molar-refractivity contribution in [1.82, 2.24) is 0 Å². The molecule has 21 heavy (non-hydrogen) atoms. The van der Waals surface area contributed by atoms with Gasteiger partial charge in [-0.3, -0.25) is 9.59 Å². The summed E-state index contributed by atoms with van der Waals surface area (Å²) in [6.07, 6.45) is 1.63. The number of carbonyl (C=O) groups excluding carboxylic acids is 2. The maximum Gasteiger partial charge on any atom is 0.265 e. The van der Waals surface area contributed by atoms with Crippen LogP contribution in [0.2, 0.25) is 0 Å². The summed E-state index contributed by atoms with van der Waals surface area (Å²) in [6.45, 7) is 7.59. The molecule has 0 saturated carbocycles. The molecule has 0 radical (unpaired) electrons. The first-order valence-corrected chi connectivity index (χ1v) is 6.53. The second-order valence-corrected chi connectivity index (χ2v) is 4.73. The Morgan fingerprint density at radius 1 is 0.905 bits per heavy atom. The summed E-state index contributed by atoms with van der Waals surface area (Å²) in [5, 5.41) is 0. The fourth-order valence-electron chi connectivity index (χ4n) is 2.52. The minimum absolute atomic E-state index is 0.309. The molecule has 0 N–H and O–H groups in total. The molecule has 1 heterocycles. The molecular weight excluding hydrogens is 262 g/mol. The topological polar surface area (TPSA) is 37.4 Å². The number of para-hydroxylation sites is 1. The van der Waals surface area contributed by atoms with E-state index in [-0.39, 0.29) is 5.91 Å². The third-order valence-electron chi connectivity index (χ3n) is 3.53. The van der Waals surface area contributed by atoms with Crippen LogP contribution in [0, 0.1) is 0 Å². The quantitative estimate of drug-likeness (QED) is 0.621. The molecule has 0 bridgehead atoms. The van der Waals surface area contributed by atoms with E-state index in [9.17, 15) is 9.59 Å². The van der Waals surface area contributed by atoms with E-state index in [1.54, 1.807) is 42.5 Å². The number of fused-ring (bicyclic) bond motifs is 1. The lowest BCUT2D eigenvalue weighted by molar-refractivity contribution is -0.112. The molecule has 1 aliphatic rings. The van der Waals surface area contributed by atoms with Gasteiger partial charge in [-0.1, -0.05) is 49.6 Å². The van der Waals surface area contributed by atoms with Gasteiger partial charge >= 0.3 is 0 Å². The highest BCUT2D eigenvalue weighted by molar-refractivity contribution is 6.41. The van der Waals surface area contributed by atoms with Crippen molar-refractivity contribution in [3.8, 4) is 0 Å². The summed E-state index contributed by atoms with van der Waals surface area (Å²) >= 11 is 0. The summed E-state index contributed by atoms with van der Waals surface area (Å²) < 4.78 is 0. The average Bonchev–Trinajstić information content (AvgIpc) is 2.53. The Hall–Kier alpha value is -2.94. The van der Waals surface area contributed by atoms with Crippen LogP contribution in [0.3, 0.4) is 0 Å². The first-order chi connectivity index (χ1) is 10.1. The van der Waals surface area contributed by atoms with E-state index in [2.05, 4.69) is 13.2 Å². The zero-order chi connectivity index (χ0) is 15.0. The van der Waals surface area contributed by atoms with E-state index in [1.807, 2.05) is 12.1 Å². The summed E-state index contributed by atoms with van der Waals surface area (Å²) in [7, 11) is 0. The second-order valence-electron chi connectivity index (χ2n) is 4.73. The highest BCUT2D eigenvalue weighted by Gasteiger charge is 2.35. The average molecular weight is 275 g/mol. The van der Waals surface area contributed by atoms with Gasteiger partial charge in [0.2, 0.25) is 0 Å². The van der Waals surface area contributed by atoms with Crippen LogP contribution in [-0.2, 0) is 4.79 Å². The van der Waals surface area contributed by atoms with E-state index < -0.39 is 5.91 Å². The van der Waals surface area contributed by atoms with Crippen molar-refractivity contribution in [3.63, 3.8) is 0 Å². The Morgan fingerprint density at radius 2 is 1.62 bits per heavy atom. The maximum atomic E-state index is 12.7. The highest BCUT2D eigenvalue weighted by Crippen LogP contribution is 2.33. The molecule has 3 heteroatoms. The fourth-order valence-corrected chi connectivity index (χ4v) is 2.52. The van der Waals surface area contributed by atoms with Crippen LogP contribution in [-0.4, -0.2) is 11.8 Å². The monoisotopic (exact) mass is 275 g/mol. The summed E-state index contributed by atoms with van der Waals surface area (Å²) in [5.74, 6) is -0.731. The van der Waals surface area contributed by atoms with Gasteiger partial charge in [-0.2, -0.15) is 0 Å². The van der Waals surface area contributed by atoms with Crippen LogP contribution < -0.4 is 4.90 Å². The van der Waals surface area contributed by atoms with Crippen LogP contribution in [0.25, 0.3) is 11.6 Å².